The SMILES string of the molecule is CC1(C)c2ccccc2-c2c1c1ncccc1c1c3ccccc3n(-c3ccc(-c4cc(-c5ccccc5)nc(-c5ccccc5)n4)cc3)c21.CC1(C)c2ccccc2-c2c1c1ncccc1c1c3ccccc3n(-c3cccc(-c4cc(-c5ccccc5)nc(-c5ccccc5)n4)c3)c21.CC1(C)c2ccccc2-c2c1c1ncccc1c1c3ccccc3n(-c3nc(-c4ccccc4)c4ccccc4n3)c21. The van der Waals surface area contributed by atoms with Crippen LogP contribution in [0.1, 0.15) is 74.9 Å². The lowest BCUT2D eigenvalue weighted by atomic mass is 9.81. The van der Waals surface area contributed by atoms with Crippen molar-refractivity contribution in [3.8, 4) is 130 Å². The van der Waals surface area contributed by atoms with Crippen molar-refractivity contribution >= 4 is 109 Å². The van der Waals surface area contributed by atoms with Crippen LogP contribution in [0.2, 0.25) is 0 Å². The molecule has 0 atom stereocenters. The molecule has 26 aromatic rings. The van der Waals surface area contributed by atoms with Gasteiger partial charge in [0.25, 0.3) is 0 Å². The highest BCUT2D eigenvalue weighted by Gasteiger charge is 2.45. The summed E-state index contributed by atoms with van der Waals surface area (Å²) >= 11 is 0. The van der Waals surface area contributed by atoms with E-state index >= 15 is 0 Å². The summed E-state index contributed by atoms with van der Waals surface area (Å²) in [7, 11) is 0. The van der Waals surface area contributed by atoms with Crippen LogP contribution < -0.4 is 0 Å². The van der Waals surface area contributed by atoms with Crippen molar-refractivity contribution in [3.63, 3.8) is 0 Å². The number of fused-ring (bicyclic) bond motifs is 31. The second kappa shape index (κ2) is 32.5. The van der Waals surface area contributed by atoms with Gasteiger partial charge >= 0.3 is 0 Å². The van der Waals surface area contributed by atoms with Crippen LogP contribution in [-0.2, 0) is 16.2 Å². The molecule has 12 nitrogen and oxygen atoms in total. The number of hydrogen-bond donors (Lipinski definition) is 0. The number of pyridine rings is 3. The maximum absolute atomic E-state index is 5.35. The van der Waals surface area contributed by atoms with Crippen LogP contribution in [0.4, 0.5) is 0 Å². The number of para-hydroxylation sites is 4. The molecule has 9 aromatic heterocycles. The zero-order valence-corrected chi connectivity index (χ0v) is 78.9. The molecule has 0 aliphatic heterocycles. The third-order valence-corrected chi connectivity index (χ3v) is 29.8. The maximum Gasteiger partial charge on any atom is 0.235 e. The van der Waals surface area contributed by atoms with Crippen LogP contribution in [0, 0.1) is 0 Å². The standard InChI is InChI=1S/2C46H32N4.C38H26N4/c1-46(2)36-24-11-9-21-33(36)41-42(46)43-35(23-14-26-47-43)40-34-22-10-12-25-39(34)50(44(40)41)32-20-13-19-31(27-32)38-28-37(29-15-5-3-6-16-29)48-45(49-38)30-17-7-4-8-18-30;1-46(2)36-21-11-9-18-33(36)41-42(46)43-35(20-13-27-47-43)40-34-19-10-12-22-39(34)50(44(40)41)32-25-23-30(24-26-32)38-28-37(29-14-5-3-6-15-29)48-45(49-38)31-16-7-4-8-17-31;1-38(2)28-19-9-6-15-24(28)32-33(38)35-27(18-12-22-39-35)31-26-17-8-11-21-30(26)42(36(31)32)37-40-29-20-10-7-16-25(29)34(41-37)23-13-4-3-5-14-23/h2*3-28H,1-2H3;3-22H,1-2H3. The minimum Gasteiger partial charge on any atom is -0.309 e. The van der Waals surface area contributed by atoms with Crippen LogP contribution in [0.5, 0.6) is 0 Å². The summed E-state index contributed by atoms with van der Waals surface area (Å²) in [4.78, 5) is 46.0. The van der Waals surface area contributed by atoms with Gasteiger partial charge in [0.1, 0.15) is 0 Å². The molecule has 17 aromatic carbocycles. The number of benzene rings is 17. The Balaban J connectivity index is 0.000000107. The van der Waals surface area contributed by atoms with Gasteiger partial charge in [-0.1, -0.05) is 381 Å². The first-order chi connectivity index (χ1) is 69.8. The summed E-state index contributed by atoms with van der Waals surface area (Å²) in [6.07, 6.45) is 5.79. The molecule has 0 spiro atoms. The summed E-state index contributed by atoms with van der Waals surface area (Å²) < 4.78 is 7.23. The molecule has 29 rings (SSSR count). The predicted molar refractivity (Wildman–Crippen MR) is 583 cm³/mol. The lowest BCUT2D eigenvalue weighted by molar-refractivity contribution is 0.665. The van der Waals surface area contributed by atoms with Crippen molar-refractivity contribution in [1.82, 2.24) is 58.6 Å². The van der Waals surface area contributed by atoms with Gasteiger partial charge in [-0.15, -0.1) is 0 Å². The molecule has 0 bridgehead atoms. The summed E-state index contributed by atoms with van der Waals surface area (Å²) in [6.45, 7) is 14.0. The van der Waals surface area contributed by atoms with E-state index < -0.39 is 0 Å². The van der Waals surface area contributed by atoms with Crippen molar-refractivity contribution in [2.45, 2.75) is 57.8 Å². The van der Waals surface area contributed by atoms with Gasteiger partial charge in [-0.3, -0.25) is 19.5 Å². The fraction of sp³-hybridized carbons (Fsp3) is 0.0692. The van der Waals surface area contributed by atoms with Gasteiger partial charge < -0.3 is 9.13 Å². The normalized spacial score (nSPS) is 13.3. The van der Waals surface area contributed by atoms with Gasteiger partial charge in [-0.25, -0.2) is 29.9 Å². The fourth-order valence-electron chi connectivity index (χ4n) is 23.6. The van der Waals surface area contributed by atoms with Gasteiger partial charge in [-0.05, 0) is 129 Å². The van der Waals surface area contributed by atoms with Crippen molar-refractivity contribution in [2.24, 2.45) is 0 Å². The minimum atomic E-state index is -0.215. The van der Waals surface area contributed by atoms with E-state index in [2.05, 4.69) is 419 Å². The first-order valence-corrected chi connectivity index (χ1v) is 48.6. The molecule has 0 amide bonds. The maximum atomic E-state index is 5.35. The molecule has 0 N–H and O–H groups in total. The Morgan fingerprint density at radius 3 is 0.958 bits per heavy atom. The third-order valence-electron chi connectivity index (χ3n) is 29.8. The Hall–Kier alpha value is -18.1. The highest BCUT2D eigenvalue weighted by atomic mass is 15.2. The highest BCUT2D eigenvalue weighted by Crippen LogP contribution is 2.60. The van der Waals surface area contributed by atoms with Crippen molar-refractivity contribution < 1.29 is 0 Å². The average Bonchev–Trinajstić information content (AvgIpc) is 1.53. The number of rotatable bonds is 10. The van der Waals surface area contributed by atoms with E-state index in [0.29, 0.717) is 17.6 Å². The Morgan fingerprint density at radius 1 is 0.218 bits per heavy atom. The van der Waals surface area contributed by atoms with Gasteiger partial charge in [0.05, 0.1) is 83.6 Å². The van der Waals surface area contributed by atoms with Crippen LogP contribution in [0.3, 0.4) is 0 Å². The zero-order chi connectivity index (χ0) is 94.8. The van der Waals surface area contributed by atoms with Gasteiger partial charge in [0, 0.05) is 156 Å². The van der Waals surface area contributed by atoms with Gasteiger partial charge in [-0.2, -0.15) is 0 Å². The molecule has 0 fully saturated rings. The quantitative estimate of drug-likeness (QED) is 0.131. The van der Waals surface area contributed by atoms with Crippen LogP contribution in [0.15, 0.2) is 437 Å². The summed E-state index contributed by atoms with van der Waals surface area (Å²) in [5.74, 6) is 2.09. The Morgan fingerprint density at radius 2 is 0.535 bits per heavy atom. The molecule has 3 aliphatic carbocycles. The zero-order valence-electron chi connectivity index (χ0n) is 78.9. The Kier molecular flexibility index (Phi) is 19.1. The van der Waals surface area contributed by atoms with E-state index in [1.54, 1.807) is 0 Å². The molecular weight excluding hydrogens is 1730 g/mol. The van der Waals surface area contributed by atoms with E-state index in [0.717, 1.165) is 128 Å². The molecule has 0 unspecified atom stereocenters. The van der Waals surface area contributed by atoms with Crippen molar-refractivity contribution in [2.75, 3.05) is 0 Å². The lowest BCUT2D eigenvalue weighted by Gasteiger charge is -2.23. The average molecular weight is 1820 g/mol. The van der Waals surface area contributed by atoms with Crippen molar-refractivity contribution in [1.29, 1.82) is 0 Å². The van der Waals surface area contributed by atoms with Crippen LogP contribution in [-0.4, -0.2) is 58.6 Å². The van der Waals surface area contributed by atoms with E-state index in [1.807, 2.05) is 73.2 Å². The molecule has 9 heterocycles. The second-order valence-corrected chi connectivity index (χ2v) is 38.9. The topological polar surface area (TPSA) is 131 Å². The monoisotopic (exact) mass is 1820 g/mol. The predicted octanol–water partition coefficient (Wildman–Crippen LogP) is 32.1. The molecule has 670 valence electrons. The van der Waals surface area contributed by atoms with Crippen molar-refractivity contribution in [3.05, 3.63) is 471 Å². The van der Waals surface area contributed by atoms with Crippen LogP contribution in [0.25, 0.3) is 239 Å². The molecule has 0 saturated carbocycles. The summed E-state index contributed by atoms with van der Waals surface area (Å²) in [6, 6.07) is 147. The second-order valence-electron chi connectivity index (χ2n) is 38.9. The summed E-state index contributed by atoms with van der Waals surface area (Å²) in [5, 5.41) is 11.9. The molecule has 0 saturated heterocycles. The smallest absolute Gasteiger partial charge is 0.235 e. The Bertz CT molecular complexity index is 9570. The molecule has 142 heavy (non-hydrogen) atoms. The van der Waals surface area contributed by atoms with Crippen LogP contribution >= 0.6 is 0 Å². The van der Waals surface area contributed by atoms with E-state index in [1.165, 1.54) is 126 Å². The largest absolute Gasteiger partial charge is 0.309 e. The summed E-state index contributed by atoms with van der Waals surface area (Å²) in [5.41, 5.74) is 39.9. The van der Waals surface area contributed by atoms with Gasteiger partial charge in [0.2, 0.25) is 5.95 Å². The minimum absolute atomic E-state index is 0.197. The Labute approximate surface area is 820 Å². The lowest BCUT2D eigenvalue weighted by Crippen LogP contribution is -2.16. The van der Waals surface area contributed by atoms with E-state index in [9.17, 15) is 0 Å². The molecule has 12 heteroatoms. The van der Waals surface area contributed by atoms with E-state index in [-0.39, 0.29) is 16.2 Å². The molecule has 0 radical (unpaired) electrons. The first kappa shape index (κ1) is 83.3. The highest BCUT2D eigenvalue weighted by molar-refractivity contribution is 6.30. The molecule has 3 aliphatic rings. The number of aromatic nitrogens is 12. The van der Waals surface area contributed by atoms with E-state index in [4.69, 9.17) is 44.9 Å². The fourth-order valence-corrected chi connectivity index (χ4v) is 23.6. The molecular formula is C130H90N12. The number of nitrogens with zero attached hydrogens (tertiary/aromatic N) is 12. The van der Waals surface area contributed by atoms with Gasteiger partial charge in [0.15, 0.2) is 11.6 Å². The first-order valence-electron chi connectivity index (χ1n) is 48.6. The third kappa shape index (κ3) is 12.9. The number of hydrogen-bond acceptors (Lipinski definition) is 9.